The van der Waals surface area contributed by atoms with E-state index in [0.29, 0.717) is 24.2 Å². The van der Waals surface area contributed by atoms with Gasteiger partial charge in [-0.1, -0.05) is 5.16 Å². The maximum atomic E-state index is 12.8. The molecule has 0 aliphatic carbocycles. The molecule has 1 amide bonds. The lowest BCUT2D eigenvalue weighted by atomic mass is 9.95. The molecule has 1 atom stereocenters. The fourth-order valence-corrected chi connectivity index (χ4v) is 4.14. The number of carbonyl (C=O) groups excluding carboxylic acids is 1. The fourth-order valence-electron chi connectivity index (χ4n) is 4.14. The summed E-state index contributed by atoms with van der Waals surface area (Å²) in [7, 11) is 1.64. The molecular formula is C21H28N4O3. The second-order valence-corrected chi connectivity index (χ2v) is 7.70. The van der Waals surface area contributed by atoms with E-state index in [1.807, 2.05) is 24.3 Å². The normalized spacial score (nSPS) is 20.9. The predicted octanol–water partition coefficient (Wildman–Crippen LogP) is 2.97. The van der Waals surface area contributed by atoms with Crippen molar-refractivity contribution in [2.24, 2.45) is 5.92 Å². The van der Waals surface area contributed by atoms with E-state index < -0.39 is 0 Å². The van der Waals surface area contributed by atoms with Gasteiger partial charge in [0.25, 0.3) is 0 Å². The molecule has 2 aliphatic heterocycles. The third-order valence-corrected chi connectivity index (χ3v) is 5.70. The number of methoxy groups -OCH3 is 1. The minimum atomic E-state index is 0.0934. The van der Waals surface area contributed by atoms with Crippen molar-refractivity contribution >= 4 is 5.91 Å². The molecule has 2 saturated heterocycles. The molecule has 0 bridgehead atoms. The van der Waals surface area contributed by atoms with Crippen LogP contribution in [-0.2, 0) is 11.3 Å². The van der Waals surface area contributed by atoms with Crippen molar-refractivity contribution in [1.29, 1.82) is 0 Å². The van der Waals surface area contributed by atoms with E-state index in [2.05, 4.69) is 19.9 Å². The molecule has 0 saturated carbocycles. The van der Waals surface area contributed by atoms with Gasteiger partial charge in [-0.2, -0.15) is 4.98 Å². The molecule has 1 aromatic carbocycles. The summed E-state index contributed by atoms with van der Waals surface area (Å²) in [5.74, 6) is 2.39. The lowest BCUT2D eigenvalue weighted by Gasteiger charge is -2.35. The zero-order valence-electron chi connectivity index (χ0n) is 16.5. The van der Waals surface area contributed by atoms with Crippen LogP contribution in [0.1, 0.15) is 38.0 Å². The molecule has 0 N–H and O–H groups in total. The first-order chi connectivity index (χ1) is 13.7. The summed E-state index contributed by atoms with van der Waals surface area (Å²) in [6, 6.07) is 7.60. The molecule has 0 radical (unpaired) electrons. The minimum absolute atomic E-state index is 0.0934. The summed E-state index contributed by atoms with van der Waals surface area (Å²) in [6.45, 7) is 4.17. The fraction of sp³-hybridized carbons (Fsp3) is 0.571. The van der Waals surface area contributed by atoms with Gasteiger partial charge in [-0.3, -0.25) is 9.69 Å². The van der Waals surface area contributed by atoms with Gasteiger partial charge in [-0.25, -0.2) is 0 Å². The van der Waals surface area contributed by atoms with Gasteiger partial charge in [0.15, 0.2) is 0 Å². The number of hydrogen-bond acceptors (Lipinski definition) is 6. The van der Waals surface area contributed by atoms with Gasteiger partial charge in [-0.15, -0.1) is 0 Å². The second-order valence-electron chi connectivity index (χ2n) is 7.70. The van der Waals surface area contributed by atoms with Crippen LogP contribution in [0.5, 0.6) is 5.75 Å². The Bertz CT molecular complexity index is 783. The number of ether oxygens (including phenoxy) is 1. The number of likely N-dealkylation sites (tertiary alicyclic amines) is 2. The van der Waals surface area contributed by atoms with Gasteiger partial charge < -0.3 is 14.2 Å². The first-order valence-corrected chi connectivity index (χ1v) is 10.2. The molecule has 0 spiro atoms. The highest BCUT2D eigenvalue weighted by Crippen LogP contribution is 2.24. The Labute approximate surface area is 165 Å². The monoisotopic (exact) mass is 384 g/mol. The highest BCUT2D eigenvalue weighted by atomic mass is 16.5. The lowest BCUT2D eigenvalue weighted by Crippen LogP contribution is -2.46. The van der Waals surface area contributed by atoms with E-state index >= 15 is 0 Å². The Morgan fingerprint density at radius 1 is 1.14 bits per heavy atom. The van der Waals surface area contributed by atoms with E-state index in [4.69, 9.17) is 9.26 Å². The molecule has 1 unspecified atom stereocenters. The molecule has 1 aromatic heterocycles. The summed E-state index contributed by atoms with van der Waals surface area (Å²) in [5, 5.41) is 4.11. The largest absolute Gasteiger partial charge is 0.497 e. The number of piperidine rings is 2. The predicted molar refractivity (Wildman–Crippen MR) is 105 cm³/mol. The van der Waals surface area contributed by atoms with E-state index in [-0.39, 0.29) is 5.92 Å². The summed E-state index contributed by atoms with van der Waals surface area (Å²) in [6.07, 6.45) is 5.53. The first-order valence-electron chi connectivity index (χ1n) is 10.2. The topological polar surface area (TPSA) is 71.7 Å². The standard InChI is InChI=1S/C21H28N4O3/c1-27-18-9-7-16(8-10-18)20-22-19(28-23-20)15-24-11-5-6-17(14-24)21(26)25-12-3-2-4-13-25/h7-10,17H,2-6,11-15H2,1H3. The Kier molecular flexibility index (Phi) is 5.90. The molecule has 150 valence electrons. The maximum Gasteiger partial charge on any atom is 0.241 e. The van der Waals surface area contributed by atoms with Crippen molar-refractivity contribution in [3.05, 3.63) is 30.2 Å². The van der Waals surface area contributed by atoms with Crippen LogP contribution in [0, 0.1) is 5.92 Å². The summed E-state index contributed by atoms with van der Waals surface area (Å²) in [5.41, 5.74) is 0.896. The van der Waals surface area contributed by atoms with Crippen LogP contribution < -0.4 is 4.74 Å². The summed E-state index contributed by atoms with van der Waals surface area (Å²) < 4.78 is 10.6. The maximum absolute atomic E-state index is 12.8. The number of rotatable bonds is 5. The van der Waals surface area contributed by atoms with Crippen molar-refractivity contribution in [2.45, 2.75) is 38.6 Å². The van der Waals surface area contributed by atoms with Gasteiger partial charge in [0, 0.05) is 25.2 Å². The molecule has 2 aromatic rings. The van der Waals surface area contributed by atoms with Gasteiger partial charge in [0.1, 0.15) is 5.75 Å². The van der Waals surface area contributed by atoms with Crippen LogP contribution in [0.4, 0.5) is 0 Å². The Morgan fingerprint density at radius 2 is 1.93 bits per heavy atom. The van der Waals surface area contributed by atoms with E-state index in [1.165, 1.54) is 6.42 Å². The first kappa shape index (κ1) is 18.9. The highest BCUT2D eigenvalue weighted by molar-refractivity contribution is 5.79. The smallest absolute Gasteiger partial charge is 0.241 e. The molecule has 2 fully saturated rings. The zero-order chi connectivity index (χ0) is 19.3. The quantitative estimate of drug-likeness (QED) is 0.789. The third-order valence-electron chi connectivity index (χ3n) is 5.70. The molecule has 4 rings (SSSR count). The second kappa shape index (κ2) is 8.73. The Morgan fingerprint density at radius 3 is 2.68 bits per heavy atom. The zero-order valence-corrected chi connectivity index (χ0v) is 16.5. The van der Waals surface area contributed by atoms with Crippen molar-refractivity contribution in [3.8, 4) is 17.1 Å². The minimum Gasteiger partial charge on any atom is -0.497 e. The Hall–Kier alpha value is -2.41. The van der Waals surface area contributed by atoms with Crippen LogP contribution in [-0.4, -0.2) is 59.1 Å². The lowest BCUT2D eigenvalue weighted by molar-refractivity contribution is -0.138. The molecule has 7 nitrogen and oxygen atoms in total. The van der Waals surface area contributed by atoms with Gasteiger partial charge in [0.05, 0.1) is 19.6 Å². The van der Waals surface area contributed by atoms with E-state index in [0.717, 1.165) is 63.2 Å². The van der Waals surface area contributed by atoms with Gasteiger partial charge >= 0.3 is 0 Å². The average Bonchev–Trinajstić information content (AvgIpc) is 3.22. The number of benzene rings is 1. The van der Waals surface area contributed by atoms with E-state index in [9.17, 15) is 4.79 Å². The van der Waals surface area contributed by atoms with Crippen molar-refractivity contribution in [3.63, 3.8) is 0 Å². The third kappa shape index (κ3) is 4.35. The summed E-state index contributed by atoms with van der Waals surface area (Å²) in [4.78, 5) is 21.7. The number of nitrogens with zero attached hydrogens (tertiary/aromatic N) is 4. The molecule has 2 aliphatic rings. The van der Waals surface area contributed by atoms with Gasteiger partial charge in [0.2, 0.25) is 17.6 Å². The van der Waals surface area contributed by atoms with Crippen LogP contribution in [0.2, 0.25) is 0 Å². The highest BCUT2D eigenvalue weighted by Gasteiger charge is 2.30. The van der Waals surface area contributed by atoms with E-state index in [1.54, 1.807) is 7.11 Å². The van der Waals surface area contributed by atoms with Crippen LogP contribution in [0.3, 0.4) is 0 Å². The van der Waals surface area contributed by atoms with Gasteiger partial charge in [-0.05, 0) is 62.9 Å². The summed E-state index contributed by atoms with van der Waals surface area (Å²) >= 11 is 0. The number of carbonyl (C=O) groups is 1. The molecule has 7 heteroatoms. The van der Waals surface area contributed by atoms with Crippen molar-refractivity contribution in [1.82, 2.24) is 19.9 Å². The number of hydrogen-bond donors (Lipinski definition) is 0. The SMILES string of the molecule is COc1ccc(-c2noc(CN3CCCC(C(=O)N4CCCCC4)C3)n2)cc1. The molecular weight excluding hydrogens is 356 g/mol. The van der Waals surface area contributed by atoms with Crippen LogP contribution in [0.25, 0.3) is 11.4 Å². The number of amides is 1. The van der Waals surface area contributed by atoms with Crippen molar-refractivity contribution < 1.29 is 14.1 Å². The molecule has 28 heavy (non-hydrogen) atoms. The molecule has 3 heterocycles. The Balaban J connectivity index is 1.36. The van der Waals surface area contributed by atoms with Crippen LogP contribution >= 0.6 is 0 Å². The van der Waals surface area contributed by atoms with Crippen LogP contribution in [0.15, 0.2) is 28.8 Å². The average molecular weight is 384 g/mol. The van der Waals surface area contributed by atoms with Crippen molar-refractivity contribution in [2.75, 3.05) is 33.3 Å². The number of aromatic nitrogens is 2.